The highest BCUT2D eigenvalue weighted by Crippen LogP contribution is 2.41. The highest BCUT2D eigenvalue weighted by Gasteiger charge is 2.43. The quantitative estimate of drug-likeness (QED) is 0.929. The summed E-state index contributed by atoms with van der Waals surface area (Å²) in [5.41, 5.74) is 0.515. The second-order valence-electron chi connectivity index (χ2n) is 5.93. The van der Waals surface area contributed by atoms with E-state index in [1.165, 1.54) is 12.8 Å². The molecule has 2 atom stereocenters. The molecule has 1 saturated carbocycles. The molecule has 1 saturated heterocycles. The Hall–Kier alpha value is -1.55. The van der Waals surface area contributed by atoms with E-state index in [1.807, 2.05) is 4.90 Å². The Morgan fingerprint density at radius 2 is 1.90 bits per heavy atom. The molecule has 1 aromatic rings. The molecule has 1 aromatic carbocycles. The van der Waals surface area contributed by atoms with Gasteiger partial charge in [0.1, 0.15) is 6.04 Å². The van der Waals surface area contributed by atoms with E-state index in [1.54, 1.807) is 31.2 Å². The van der Waals surface area contributed by atoms with Gasteiger partial charge in [-0.1, -0.05) is 11.6 Å². The van der Waals surface area contributed by atoms with Crippen LogP contribution in [0.2, 0.25) is 5.02 Å². The molecule has 0 bridgehead atoms. The maximum atomic E-state index is 12.4. The van der Waals surface area contributed by atoms with Gasteiger partial charge >= 0.3 is 0 Å². The normalized spacial score (nSPS) is 22.4. The highest BCUT2D eigenvalue weighted by atomic mass is 35.5. The summed E-state index contributed by atoms with van der Waals surface area (Å²) in [6.45, 7) is 2.57. The molecule has 0 radical (unpaired) electrons. The van der Waals surface area contributed by atoms with Crippen molar-refractivity contribution in [3.05, 3.63) is 34.9 Å². The molecule has 2 amide bonds. The number of rotatable bonds is 4. The SMILES string of the molecule is CC(NC(=O)c1ccc(Cl)cc1)C(=O)N1CCC1C1CC1. The predicted molar refractivity (Wildman–Crippen MR) is 81.2 cm³/mol. The van der Waals surface area contributed by atoms with E-state index in [0.717, 1.165) is 13.0 Å². The first-order valence-corrected chi connectivity index (χ1v) is 7.81. The summed E-state index contributed by atoms with van der Waals surface area (Å²) in [5, 5.41) is 3.36. The minimum absolute atomic E-state index is 0.0282. The van der Waals surface area contributed by atoms with Gasteiger partial charge in [0.05, 0.1) is 0 Å². The zero-order chi connectivity index (χ0) is 15.0. The van der Waals surface area contributed by atoms with Crippen LogP contribution in [0.25, 0.3) is 0 Å². The summed E-state index contributed by atoms with van der Waals surface area (Å²) in [6, 6.07) is 6.57. The van der Waals surface area contributed by atoms with Crippen LogP contribution in [0.15, 0.2) is 24.3 Å². The van der Waals surface area contributed by atoms with E-state index >= 15 is 0 Å². The molecule has 1 aliphatic carbocycles. The topological polar surface area (TPSA) is 49.4 Å². The van der Waals surface area contributed by atoms with Crippen molar-refractivity contribution in [1.29, 1.82) is 0 Å². The summed E-state index contributed by atoms with van der Waals surface area (Å²) < 4.78 is 0. The van der Waals surface area contributed by atoms with Crippen LogP contribution >= 0.6 is 11.6 Å². The van der Waals surface area contributed by atoms with Gasteiger partial charge in [0.25, 0.3) is 5.91 Å². The first kappa shape index (κ1) is 14.4. The van der Waals surface area contributed by atoms with Crippen molar-refractivity contribution >= 4 is 23.4 Å². The maximum absolute atomic E-state index is 12.4. The van der Waals surface area contributed by atoms with Crippen molar-refractivity contribution < 1.29 is 9.59 Å². The minimum Gasteiger partial charge on any atom is -0.341 e. The summed E-state index contributed by atoms with van der Waals surface area (Å²) >= 11 is 5.80. The van der Waals surface area contributed by atoms with Gasteiger partial charge in [-0.15, -0.1) is 0 Å². The van der Waals surface area contributed by atoms with Crippen LogP contribution in [-0.2, 0) is 4.79 Å². The smallest absolute Gasteiger partial charge is 0.251 e. The van der Waals surface area contributed by atoms with Crippen molar-refractivity contribution in [2.45, 2.75) is 38.3 Å². The Morgan fingerprint density at radius 1 is 1.24 bits per heavy atom. The fourth-order valence-corrected chi connectivity index (χ4v) is 2.97. The van der Waals surface area contributed by atoms with Crippen LogP contribution in [0, 0.1) is 5.92 Å². The number of nitrogens with zero attached hydrogens (tertiary/aromatic N) is 1. The van der Waals surface area contributed by atoms with Crippen LogP contribution < -0.4 is 5.32 Å². The summed E-state index contributed by atoms with van der Waals surface area (Å²) in [7, 11) is 0. The molecule has 0 aromatic heterocycles. The van der Waals surface area contributed by atoms with Crippen molar-refractivity contribution in [3.8, 4) is 0 Å². The van der Waals surface area contributed by atoms with Crippen LogP contribution in [0.4, 0.5) is 0 Å². The maximum Gasteiger partial charge on any atom is 0.251 e. The molecule has 1 aliphatic heterocycles. The number of carbonyl (C=O) groups is 2. The zero-order valence-corrected chi connectivity index (χ0v) is 12.8. The summed E-state index contributed by atoms with van der Waals surface area (Å²) in [6.07, 6.45) is 3.58. The van der Waals surface area contributed by atoms with Crippen LogP contribution in [-0.4, -0.2) is 35.3 Å². The van der Waals surface area contributed by atoms with Gasteiger partial charge in [0, 0.05) is 23.2 Å². The number of carbonyl (C=O) groups excluding carboxylic acids is 2. The second kappa shape index (κ2) is 5.68. The lowest BCUT2D eigenvalue weighted by Gasteiger charge is -2.42. The lowest BCUT2D eigenvalue weighted by molar-refractivity contribution is -0.141. The summed E-state index contributed by atoms with van der Waals surface area (Å²) in [4.78, 5) is 26.4. The average molecular weight is 307 g/mol. The van der Waals surface area contributed by atoms with Gasteiger partial charge in [-0.3, -0.25) is 9.59 Å². The molecule has 21 heavy (non-hydrogen) atoms. The molecule has 1 heterocycles. The highest BCUT2D eigenvalue weighted by molar-refractivity contribution is 6.30. The van der Waals surface area contributed by atoms with Crippen LogP contribution in [0.1, 0.15) is 36.5 Å². The molecular weight excluding hydrogens is 288 g/mol. The van der Waals surface area contributed by atoms with E-state index < -0.39 is 6.04 Å². The first-order valence-electron chi connectivity index (χ1n) is 7.43. The number of halogens is 1. The Labute approximate surface area is 129 Å². The fourth-order valence-electron chi connectivity index (χ4n) is 2.84. The van der Waals surface area contributed by atoms with Gasteiger partial charge in [-0.05, 0) is 56.4 Å². The van der Waals surface area contributed by atoms with E-state index in [9.17, 15) is 9.59 Å². The van der Waals surface area contributed by atoms with Crippen molar-refractivity contribution in [2.75, 3.05) is 6.54 Å². The molecule has 4 nitrogen and oxygen atoms in total. The molecule has 2 unspecified atom stereocenters. The Bertz CT molecular complexity index is 554. The largest absolute Gasteiger partial charge is 0.341 e. The molecule has 0 spiro atoms. The van der Waals surface area contributed by atoms with E-state index in [2.05, 4.69) is 5.32 Å². The van der Waals surface area contributed by atoms with Gasteiger partial charge < -0.3 is 10.2 Å². The Morgan fingerprint density at radius 3 is 2.43 bits per heavy atom. The molecule has 1 N–H and O–H groups in total. The van der Waals surface area contributed by atoms with Crippen LogP contribution in [0.5, 0.6) is 0 Å². The third-order valence-corrected chi connectivity index (χ3v) is 4.59. The first-order chi connectivity index (χ1) is 10.1. The predicted octanol–water partition coefficient (Wildman–Crippen LogP) is 2.47. The van der Waals surface area contributed by atoms with Gasteiger partial charge in [-0.25, -0.2) is 0 Å². The molecule has 3 rings (SSSR count). The second-order valence-corrected chi connectivity index (χ2v) is 6.36. The zero-order valence-electron chi connectivity index (χ0n) is 12.0. The molecule has 2 fully saturated rings. The van der Waals surface area contributed by atoms with E-state index in [-0.39, 0.29) is 11.8 Å². The van der Waals surface area contributed by atoms with Crippen LogP contribution in [0.3, 0.4) is 0 Å². The molecule has 2 aliphatic rings. The van der Waals surface area contributed by atoms with E-state index in [4.69, 9.17) is 11.6 Å². The number of hydrogen-bond donors (Lipinski definition) is 1. The number of amides is 2. The third kappa shape index (κ3) is 3.05. The minimum atomic E-state index is -0.491. The molecular formula is C16H19ClN2O2. The van der Waals surface area contributed by atoms with Gasteiger partial charge in [-0.2, -0.15) is 0 Å². The fraction of sp³-hybridized carbons (Fsp3) is 0.500. The van der Waals surface area contributed by atoms with Crippen molar-refractivity contribution in [3.63, 3.8) is 0 Å². The Balaban J connectivity index is 1.57. The van der Waals surface area contributed by atoms with Crippen molar-refractivity contribution in [2.24, 2.45) is 5.92 Å². The number of hydrogen-bond acceptors (Lipinski definition) is 2. The standard InChI is InChI=1S/C16H19ClN2O2/c1-10(16(21)19-9-8-14(19)11-2-3-11)18-15(20)12-4-6-13(17)7-5-12/h4-7,10-11,14H,2-3,8-9H2,1H3,(H,18,20). The lowest BCUT2D eigenvalue weighted by Crippen LogP contribution is -2.57. The lowest BCUT2D eigenvalue weighted by atomic mass is 9.97. The Kier molecular flexibility index (Phi) is 3.89. The number of nitrogens with one attached hydrogen (secondary N) is 1. The molecule has 112 valence electrons. The number of likely N-dealkylation sites (tertiary alicyclic amines) is 1. The molecule has 5 heteroatoms. The van der Waals surface area contributed by atoms with E-state index in [0.29, 0.717) is 22.5 Å². The number of benzene rings is 1. The van der Waals surface area contributed by atoms with Gasteiger partial charge in [0.2, 0.25) is 5.91 Å². The third-order valence-electron chi connectivity index (χ3n) is 4.34. The average Bonchev–Trinajstić information content (AvgIpc) is 3.22. The monoisotopic (exact) mass is 306 g/mol. The van der Waals surface area contributed by atoms with Gasteiger partial charge in [0.15, 0.2) is 0 Å². The van der Waals surface area contributed by atoms with Crippen molar-refractivity contribution in [1.82, 2.24) is 10.2 Å². The summed E-state index contributed by atoms with van der Waals surface area (Å²) in [5.74, 6) is 0.485.